The summed E-state index contributed by atoms with van der Waals surface area (Å²) in [5, 5.41) is 3.90. The Bertz CT molecular complexity index is 871. The zero-order chi connectivity index (χ0) is 20.5. The van der Waals surface area contributed by atoms with Crippen molar-refractivity contribution in [3.63, 3.8) is 0 Å². The number of fused-ring (bicyclic) bond motifs is 1. The van der Waals surface area contributed by atoms with Crippen molar-refractivity contribution in [3.05, 3.63) is 29.5 Å². The number of Topliss-reactive ketones (excluding diaryl/α,β-unsaturated/α-hetero) is 1. The monoisotopic (exact) mass is 385 g/mol. The number of ether oxygens (including phenoxy) is 1. The number of carbonyl (C=O) groups excluding carboxylic acids is 2. The molecule has 1 unspecified atom stereocenters. The van der Waals surface area contributed by atoms with E-state index in [9.17, 15) is 9.59 Å². The molecule has 28 heavy (non-hydrogen) atoms. The van der Waals surface area contributed by atoms with Crippen LogP contribution in [0.5, 0.6) is 5.75 Å². The number of amides is 1. The van der Waals surface area contributed by atoms with E-state index in [4.69, 9.17) is 9.15 Å². The maximum Gasteiger partial charge on any atom is 0.220 e. The molecule has 0 saturated heterocycles. The Labute approximate surface area is 166 Å². The van der Waals surface area contributed by atoms with Crippen LogP contribution in [0.4, 0.5) is 0 Å². The molecule has 1 aromatic carbocycles. The Morgan fingerprint density at radius 1 is 1.29 bits per heavy atom. The van der Waals surface area contributed by atoms with Crippen molar-refractivity contribution in [1.29, 1.82) is 0 Å². The van der Waals surface area contributed by atoms with Gasteiger partial charge in [-0.25, -0.2) is 0 Å². The van der Waals surface area contributed by atoms with Gasteiger partial charge in [0.2, 0.25) is 11.7 Å². The number of hydrogen-bond acceptors (Lipinski definition) is 4. The van der Waals surface area contributed by atoms with E-state index in [1.54, 1.807) is 7.11 Å². The second-order valence-electron chi connectivity index (χ2n) is 8.97. The number of rotatable bonds is 8. The minimum absolute atomic E-state index is 0.0151. The second kappa shape index (κ2) is 7.98. The van der Waals surface area contributed by atoms with Crippen LogP contribution in [0.15, 0.2) is 22.6 Å². The minimum atomic E-state index is -0.548. The highest BCUT2D eigenvalue weighted by Gasteiger charge is 2.32. The van der Waals surface area contributed by atoms with E-state index in [2.05, 4.69) is 12.2 Å². The minimum Gasteiger partial charge on any atom is -0.497 e. The van der Waals surface area contributed by atoms with E-state index < -0.39 is 5.41 Å². The first-order valence-electron chi connectivity index (χ1n) is 10.1. The van der Waals surface area contributed by atoms with Crippen LogP contribution in [0.2, 0.25) is 0 Å². The van der Waals surface area contributed by atoms with Crippen molar-refractivity contribution in [2.75, 3.05) is 13.7 Å². The summed E-state index contributed by atoms with van der Waals surface area (Å²) in [5.41, 5.74) is 1.01. The molecule has 2 aromatic rings. The molecule has 0 spiro atoms. The third-order valence-corrected chi connectivity index (χ3v) is 5.40. The van der Waals surface area contributed by atoms with Gasteiger partial charge in [-0.15, -0.1) is 0 Å². The topological polar surface area (TPSA) is 68.5 Å². The van der Waals surface area contributed by atoms with Crippen LogP contribution in [-0.2, 0) is 4.79 Å². The van der Waals surface area contributed by atoms with Crippen LogP contribution in [-0.4, -0.2) is 25.3 Å². The normalized spacial score (nSPS) is 15.5. The molecule has 1 fully saturated rings. The molecular weight excluding hydrogens is 354 g/mol. The van der Waals surface area contributed by atoms with Gasteiger partial charge in [0.25, 0.3) is 0 Å². The summed E-state index contributed by atoms with van der Waals surface area (Å²) in [6, 6.07) is 5.58. The quantitative estimate of drug-likeness (QED) is 0.643. The van der Waals surface area contributed by atoms with Crippen molar-refractivity contribution < 1.29 is 18.7 Å². The first kappa shape index (κ1) is 20.4. The van der Waals surface area contributed by atoms with Gasteiger partial charge in [0, 0.05) is 29.3 Å². The van der Waals surface area contributed by atoms with Gasteiger partial charge in [-0.1, -0.05) is 27.7 Å². The maximum atomic E-state index is 13.0. The fourth-order valence-corrected chi connectivity index (χ4v) is 3.38. The van der Waals surface area contributed by atoms with E-state index in [-0.39, 0.29) is 17.6 Å². The zero-order valence-corrected chi connectivity index (χ0v) is 17.6. The third-order valence-electron chi connectivity index (χ3n) is 5.40. The number of benzene rings is 1. The summed E-state index contributed by atoms with van der Waals surface area (Å²) in [7, 11) is 1.62. The van der Waals surface area contributed by atoms with Gasteiger partial charge in [-0.05, 0) is 49.3 Å². The summed E-state index contributed by atoms with van der Waals surface area (Å²) >= 11 is 0. The van der Waals surface area contributed by atoms with E-state index in [1.165, 1.54) is 12.8 Å². The molecule has 0 bridgehead atoms. The van der Waals surface area contributed by atoms with Gasteiger partial charge >= 0.3 is 0 Å². The molecule has 1 saturated carbocycles. The van der Waals surface area contributed by atoms with Crippen LogP contribution in [0, 0.1) is 11.3 Å². The van der Waals surface area contributed by atoms with Gasteiger partial charge in [0.15, 0.2) is 5.76 Å². The number of hydrogen-bond donors (Lipinski definition) is 1. The van der Waals surface area contributed by atoms with E-state index in [0.29, 0.717) is 30.1 Å². The fraction of sp³-hybridized carbons (Fsp3) is 0.565. The molecule has 0 aliphatic heterocycles. The number of methoxy groups -OCH3 is 1. The summed E-state index contributed by atoms with van der Waals surface area (Å²) in [5.74, 6) is 1.86. The Morgan fingerprint density at radius 3 is 2.61 bits per heavy atom. The average Bonchev–Trinajstić information content (AvgIpc) is 3.41. The van der Waals surface area contributed by atoms with Gasteiger partial charge in [0.05, 0.1) is 7.11 Å². The molecule has 1 aliphatic carbocycles. The Morgan fingerprint density at radius 2 is 2.00 bits per heavy atom. The lowest BCUT2D eigenvalue weighted by Crippen LogP contribution is -2.25. The average molecular weight is 386 g/mol. The highest BCUT2D eigenvalue weighted by atomic mass is 16.5. The number of ketones is 1. The Balaban J connectivity index is 1.87. The molecule has 1 aromatic heterocycles. The standard InChI is InChI=1S/C23H31NO4/c1-14(6-11-19(25)24-13-15-7-8-15)20-17-12-16(27-5)9-10-18(17)28-21(20)22(26)23(2,3)4/h9-10,12,14-15H,6-8,11,13H2,1-5H3,(H,24,25). The molecule has 1 amide bonds. The van der Waals surface area contributed by atoms with Gasteiger partial charge < -0.3 is 14.5 Å². The fourth-order valence-electron chi connectivity index (χ4n) is 3.38. The van der Waals surface area contributed by atoms with Crippen LogP contribution in [0.1, 0.15) is 75.4 Å². The first-order valence-corrected chi connectivity index (χ1v) is 10.1. The number of carbonyl (C=O) groups is 2. The van der Waals surface area contributed by atoms with Crippen LogP contribution in [0.3, 0.4) is 0 Å². The smallest absolute Gasteiger partial charge is 0.220 e. The zero-order valence-electron chi connectivity index (χ0n) is 17.6. The van der Waals surface area contributed by atoms with Crippen molar-refractivity contribution in [1.82, 2.24) is 5.32 Å². The highest BCUT2D eigenvalue weighted by Crippen LogP contribution is 2.38. The Kier molecular flexibility index (Phi) is 5.82. The predicted molar refractivity (Wildman–Crippen MR) is 110 cm³/mol. The van der Waals surface area contributed by atoms with Gasteiger partial charge in [0.1, 0.15) is 11.3 Å². The summed E-state index contributed by atoms with van der Waals surface area (Å²) in [6.45, 7) is 8.51. The van der Waals surface area contributed by atoms with Crippen LogP contribution < -0.4 is 10.1 Å². The number of nitrogens with one attached hydrogen (secondary N) is 1. The molecule has 1 heterocycles. The van der Waals surface area contributed by atoms with Crippen molar-refractivity contribution >= 4 is 22.7 Å². The predicted octanol–water partition coefficient (Wildman–Crippen LogP) is 5.08. The second-order valence-corrected chi connectivity index (χ2v) is 8.97. The highest BCUT2D eigenvalue weighted by molar-refractivity contribution is 6.03. The lowest BCUT2D eigenvalue weighted by atomic mass is 9.84. The van der Waals surface area contributed by atoms with E-state index >= 15 is 0 Å². The van der Waals surface area contributed by atoms with Crippen LogP contribution in [0.25, 0.3) is 11.0 Å². The summed E-state index contributed by atoms with van der Waals surface area (Å²) < 4.78 is 11.4. The first-order chi connectivity index (χ1) is 13.2. The van der Waals surface area contributed by atoms with E-state index in [1.807, 2.05) is 39.0 Å². The Hall–Kier alpha value is -2.30. The molecule has 3 rings (SSSR count). The maximum absolute atomic E-state index is 13.0. The van der Waals surface area contributed by atoms with E-state index in [0.717, 1.165) is 23.2 Å². The molecule has 1 N–H and O–H groups in total. The largest absolute Gasteiger partial charge is 0.497 e. The molecule has 5 nitrogen and oxygen atoms in total. The molecule has 1 atom stereocenters. The van der Waals surface area contributed by atoms with Crippen molar-refractivity contribution in [3.8, 4) is 5.75 Å². The third kappa shape index (κ3) is 4.57. The lowest BCUT2D eigenvalue weighted by Gasteiger charge is -2.18. The van der Waals surface area contributed by atoms with Gasteiger partial charge in [-0.3, -0.25) is 9.59 Å². The lowest BCUT2D eigenvalue weighted by molar-refractivity contribution is -0.121. The molecular formula is C23H31NO4. The molecule has 5 heteroatoms. The summed E-state index contributed by atoms with van der Waals surface area (Å²) in [4.78, 5) is 25.2. The van der Waals surface area contributed by atoms with Crippen molar-refractivity contribution in [2.45, 2.75) is 59.3 Å². The van der Waals surface area contributed by atoms with Crippen LogP contribution >= 0.6 is 0 Å². The molecule has 1 aliphatic rings. The molecule has 152 valence electrons. The van der Waals surface area contributed by atoms with Gasteiger partial charge in [-0.2, -0.15) is 0 Å². The number of furan rings is 1. The molecule has 0 radical (unpaired) electrons. The van der Waals surface area contributed by atoms with Crippen molar-refractivity contribution in [2.24, 2.45) is 11.3 Å². The summed E-state index contributed by atoms with van der Waals surface area (Å²) in [6.07, 6.45) is 3.54. The SMILES string of the molecule is COc1ccc2oc(C(=O)C(C)(C)C)c(C(C)CCC(=O)NCC3CC3)c2c1.